The van der Waals surface area contributed by atoms with Crippen molar-refractivity contribution in [3.05, 3.63) is 23.3 Å². The van der Waals surface area contributed by atoms with E-state index in [0.29, 0.717) is 23.5 Å². The minimum Gasteiger partial charge on any atom is -0.493 e. The zero-order valence-corrected chi connectivity index (χ0v) is 12.6. The topological polar surface area (TPSA) is 44.5 Å². The number of ether oxygens (including phenoxy) is 2. The van der Waals surface area contributed by atoms with Gasteiger partial charge < -0.3 is 15.2 Å². The first-order valence-electron chi connectivity index (χ1n) is 6.31. The monoisotopic (exact) mass is 269 g/mol. The van der Waals surface area contributed by atoms with Crippen molar-refractivity contribution in [2.45, 2.75) is 45.3 Å². The second kappa shape index (κ2) is 5.37. The number of hydrogen-bond acceptors (Lipinski definition) is 3. The maximum absolute atomic E-state index is 14.3. The van der Waals surface area contributed by atoms with Gasteiger partial charge in [-0.25, -0.2) is 4.39 Å². The van der Waals surface area contributed by atoms with Gasteiger partial charge in [0, 0.05) is 11.1 Å². The first kappa shape index (κ1) is 15.8. The van der Waals surface area contributed by atoms with Crippen LogP contribution in [0.15, 0.2) is 12.1 Å². The standard InChI is InChI=1S/C15H24FNO2/c1-14(2,17)9-10-7-11(15(3,4)16)13(19-6)12(8-10)18-5/h7-8H,9,17H2,1-6H3. The molecular weight excluding hydrogens is 245 g/mol. The second-order valence-electron chi connectivity index (χ2n) is 6.02. The smallest absolute Gasteiger partial charge is 0.167 e. The molecule has 0 spiro atoms. The number of hydrogen-bond donors (Lipinski definition) is 1. The molecule has 1 rings (SSSR count). The van der Waals surface area contributed by atoms with Crippen molar-refractivity contribution in [3.8, 4) is 11.5 Å². The van der Waals surface area contributed by atoms with Gasteiger partial charge in [0.25, 0.3) is 0 Å². The Morgan fingerprint density at radius 2 is 1.68 bits per heavy atom. The fourth-order valence-corrected chi connectivity index (χ4v) is 2.09. The van der Waals surface area contributed by atoms with Gasteiger partial charge in [0.05, 0.1) is 14.2 Å². The first-order chi connectivity index (χ1) is 8.58. The minimum atomic E-state index is -1.51. The van der Waals surface area contributed by atoms with E-state index in [1.54, 1.807) is 13.2 Å². The van der Waals surface area contributed by atoms with Crippen LogP contribution in [0, 0.1) is 0 Å². The van der Waals surface area contributed by atoms with Crippen LogP contribution in [0.5, 0.6) is 11.5 Å². The molecule has 0 amide bonds. The lowest BCUT2D eigenvalue weighted by Crippen LogP contribution is -2.34. The molecule has 0 radical (unpaired) electrons. The molecule has 0 atom stereocenters. The van der Waals surface area contributed by atoms with Crippen molar-refractivity contribution in [2.75, 3.05) is 14.2 Å². The Hall–Kier alpha value is -1.29. The summed E-state index contributed by atoms with van der Waals surface area (Å²) in [4.78, 5) is 0. The summed E-state index contributed by atoms with van der Waals surface area (Å²) in [5.74, 6) is 0.971. The van der Waals surface area contributed by atoms with E-state index in [1.165, 1.54) is 21.0 Å². The highest BCUT2D eigenvalue weighted by molar-refractivity contribution is 5.52. The van der Waals surface area contributed by atoms with Crippen LogP contribution in [0.2, 0.25) is 0 Å². The molecule has 0 aliphatic rings. The molecule has 0 saturated carbocycles. The van der Waals surface area contributed by atoms with E-state index < -0.39 is 5.67 Å². The SMILES string of the molecule is COc1cc(CC(C)(C)N)cc(C(C)(C)F)c1OC. The van der Waals surface area contributed by atoms with E-state index in [9.17, 15) is 4.39 Å². The summed E-state index contributed by atoms with van der Waals surface area (Å²) in [6.07, 6.45) is 0.635. The summed E-state index contributed by atoms with van der Waals surface area (Å²) in [6, 6.07) is 3.65. The van der Waals surface area contributed by atoms with Crippen molar-refractivity contribution >= 4 is 0 Å². The fraction of sp³-hybridized carbons (Fsp3) is 0.600. The van der Waals surface area contributed by atoms with E-state index in [-0.39, 0.29) is 5.54 Å². The first-order valence-corrected chi connectivity index (χ1v) is 6.31. The highest BCUT2D eigenvalue weighted by Gasteiger charge is 2.27. The van der Waals surface area contributed by atoms with Gasteiger partial charge in [-0.2, -0.15) is 0 Å². The minimum absolute atomic E-state index is 0.364. The van der Waals surface area contributed by atoms with Crippen LogP contribution in [0.25, 0.3) is 0 Å². The van der Waals surface area contributed by atoms with Crippen molar-refractivity contribution < 1.29 is 13.9 Å². The van der Waals surface area contributed by atoms with E-state index in [4.69, 9.17) is 15.2 Å². The predicted octanol–water partition coefficient (Wildman–Crippen LogP) is 3.19. The van der Waals surface area contributed by atoms with Gasteiger partial charge in [-0.05, 0) is 51.8 Å². The largest absolute Gasteiger partial charge is 0.493 e. The molecule has 0 aliphatic heterocycles. The molecule has 3 nitrogen and oxygen atoms in total. The number of rotatable bonds is 5. The van der Waals surface area contributed by atoms with Crippen LogP contribution < -0.4 is 15.2 Å². The zero-order chi connectivity index (χ0) is 14.8. The number of halogens is 1. The maximum atomic E-state index is 14.3. The Balaban J connectivity index is 3.39. The lowest BCUT2D eigenvalue weighted by molar-refractivity contribution is 0.211. The molecule has 1 aromatic rings. The fourth-order valence-electron chi connectivity index (χ4n) is 2.09. The van der Waals surface area contributed by atoms with E-state index in [0.717, 1.165) is 5.56 Å². The van der Waals surface area contributed by atoms with Crippen LogP contribution in [0.3, 0.4) is 0 Å². The zero-order valence-electron chi connectivity index (χ0n) is 12.6. The van der Waals surface area contributed by atoms with Crippen molar-refractivity contribution in [1.82, 2.24) is 0 Å². The van der Waals surface area contributed by atoms with Gasteiger partial charge in [0.1, 0.15) is 5.67 Å². The van der Waals surface area contributed by atoms with Gasteiger partial charge in [0.2, 0.25) is 0 Å². The molecular formula is C15H24FNO2. The van der Waals surface area contributed by atoms with Gasteiger partial charge in [-0.3, -0.25) is 0 Å². The normalized spacial score (nSPS) is 12.4. The van der Waals surface area contributed by atoms with Crippen LogP contribution in [-0.4, -0.2) is 19.8 Å². The Bertz CT molecular complexity index is 445. The van der Waals surface area contributed by atoms with Gasteiger partial charge >= 0.3 is 0 Å². The molecule has 19 heavy (non-hydrogen) atoms. The van der Waals surface area contributed by atoms with Crippen molar-refractivity contribution in [1.29, 1.82) is 0 Å². The molecule has 0 aliphatic carbocycles. The summed E-state index contributed by atoms with van der Waals surface area (Å²) in [6.45, 7) is 6.87. The Morgan fingerprint density at radius 1 is 1.11 bits per heavy atom. The molecule has 1 aromatic carbocycles. The third kappa shape index (κ3) is 4.10. The maximum Gasteiger partial charge on any atom is 0.167 e. The van der Waals surface area contributed by atoms with Gasteiger partial charge in [-0.1, -0.05) is 0 Å². The molecule has 0 bridgehead atoms. The third-order valence-corrected chi connectivity index (χ3v) is 2.84. The van der Waals surface area contributed by atoms with Crippen LogP contribution >= 0.6 is 0 Å². The predicted molar refractivity (Wildman–Crippen MR) is 75.7 cm³/mol. The molecule has 0 aromatic heterocycles. The van der Waals surface area contributed by atoms with Gasteiger partial charge in [0.15, 0.2) is 11.5 Å². The Labute approximate surface area is 114 Å². The summed E-state index contributed by atoms with van der Waals surface area (Å²) in [5, 5.41) is 0. The van der Waals surface area contributed by atoms with Crippen LogP contribution in [-0.2, 0) is 12.1 Å². The Kier molecular flexibility index (Phi) is 4.46. The lowest BCUT2D eigenvalue weighted by atomic mass is 9.91. The molecule has 4 heteroatoms. The van der Waals surface area contributed by atoms with E-state index in [1.807, 2.05) is 19.9 Å². The number of alkyl halides is 1. The summed E-state index contributed by atoms with van der Waals surface area (Å²) in [5.41, 5.74) is 5.57. The van der Waals surface area contributed by atoms with Crippen LogP contribution in [0.4, 0.5) is 4.39 Å². The molecule has 0 unspecified atom stereocenters. The molecule has 2 N–H and O–H groups in total. The quantitative estimate of drug-likeness (QED) is 0.892. The summed E-state index contributed by atoms with van der Waals surface area (Å²) in [7, 11) is 3.06. The van der Waals surface area contributed by atoms with E-state index >= 15 is 0 Å². The average molecular weight is 269 g/mol. The number of methoxy groups -OCH3 is 2. The van der Waals surface area contributed by atoms with Crippen molar-refractivity contribution in [2.24, 2.45) is 5.73 Å². The molecule has 0 saturated heterocycles. The highest BCUT2D eigenvalue weighted by atomic mass is 19.1. The number of benzene rings is 1. The highest BCUT2D eigenvalue weighted by Crippen LogP contribution is 2.40. The Morgan fingerprint density at radius 3 is 2.05 bits per heavy atom. The second-order valence-corrected chi connectivity index (χ2v) is 6.02. The number of nitrogens with two attached hydrogens (primary N) is 1. The van der Waals surface area contributed by atoms with Crippen LogP contribution in [0.1, 0.15) is 38.8 Å². The van der Waals surface area contributed by atoms with Crippen molar-refractivity contribution in [3.63, 3.8) is 0 Å². The molecule has 108 valence electrons. The summed E-state index contributed by atoms with van der Waals surface area (Å²) >= 11 is 0. The average Bonchev–Trinajstić information content (AvgIpc) is 2.24. The molecule has 0 heterocycles. The van der Waals surface area contributed by atoms with Gasteiger partial charge in [-0.15, -0.1) is 0 Å². The third-order valence-electron chi connectivity index (χ3n) is 2.84. The lowest BCUT2D eigenvalue weighted by Gasteiger charge is -2.24. The van der Waals surface area contributed by atoms with E-state index in [2.05, 4.69) is 0 Å². The summed E-state index contributed by atoms with van der Waals surface area (Å²) < 4.78 is 24.9. The molecule has 0 fully saturated rings.